The maximum atomic E-state index is 14.5. The molecule has 26 heavy (non-hydrogen) atoms. The van der Waals surface area contributed by atoms with Crippen LogP contribution < -0.4 is 21.3 Å². The molecule has 6 nitrogen and oxygen atoms in total. The lowest BCUT2D eigenvalue weighted by atomic mass is 9.94. The molecule has 1 amide bonds. The summed E-state index contributed by atoms with van der Waals surface area (Å²) in [5, 5.41) is 9.04. The summed E-state index contributed by atoms with van der Waals surface area (Å²) in [5.74, 6) is -0.690. The van der Waals surface area contributed by atoms with E-state index in [4.69, 9.17) is 10.5 Å². The number of hydrogen-bond donors (Lipinski definition) is 3. The Balaban J connectivity index is 1.85. The third-order valence-electron chi connectivity index (χ3n) is 4.08. The Labute approximate surface area is 151 Å². The van der Waals surface area contributed by atoms with Crippen molar-refractivity contribution < 1.29 is 13.9 Å². The second-order valence-electron chi connectivity index (χ2n) is 5.90. The highest BCUT2D eigenvalue weighted by molar-refractivity contribution is 6.32. The normalized spacial score (nSPS) is 11.8. The van der Waals surface area contributed by atoms with Crippen LogP contribution >= 0.6 is 0 Å². The third-order valence-corrected chi connectivity index (χ3v) is 4.08. The number of nitrogens with two attached hydrogens (primary N) is 1. The van der Waals surface area contributed by atoms with E-state index in [0.717, 1.165) is 5.46 Å². The smallest absolute Gasteiger partial charge is 0.245 e. The van der Waals surface area contributed by atoms with Gasteiger partial charge in [-0.25, -0.2) is 4.39 Å². The zero-order valence-corrected chi connectivity index (χ0v) is 14.4. The molecule has 0 fully saturated rings. The zero-order chi connectivity index (χ0) is 18.7. The Morgan fingerprint density at radius 2 is 2.08 bits per heavy atom. The molecule has 0 aliphatic carbocycles. The first-order chi connectivity index (χ1) is 12.5. The number of H-pyrrole nitrogens is 1. The molecule has 0 aliphatic rings. The molecular weight excluding hydrogens is 334 g/mol. The van der Waals surface area contributed by atoms with Crippen LogP contribution in [0.1, 0.15) is 11.6 Å². The molecule has 0 aliphatic heterocycles. The van der Waals surface area contributed by atoms with Crippen LogP contribution in [0.2, 0.25) is 0 Å². The summed E-state index contributed by atoms with van der Waals surface area (Å²) >= 11 is 0. The summed E-state index contributed by atoms with van der Waals surface area (Å²) in [6.45, 7) is 0. The van der Waals surface area contributed by atoms with Gasteiger partial charge in [-0.2, -0.15) is 5.10 Å². The van der Waals surface area contributed by atoms with Crippen LogP contribution in [0.25, 0.3) is 11.1 Å². The van der Waals surface area contributed by atoms with Gasteiger partial charge < -0.3 is 15.8 Å². The lowest BCUT2D eigenvalue weighted by Gasteiger charge is -2.15. The predicted octanol–water partition coefficient (Wildman–Crippen LogP) is 1.12. The summed E-state index contributed by atoms with van der Waals surface area (Å²) in [6, 6.07) is 9.09. The first-order valence-corrected chi connectivity index (χ1v) is 7.99. The van der Waals surface area contributed by atoms with Crippen molar-refractivity contribution in [3.05, 3.63) is 60.2 Å². The average Bonchev–Trinajstić information content (AvgIpc) is 3.17. The minimum atomic E-state index is -0.908. The van der Waals surface area contributed by atoms with E-state index in [2.05, 4.69) is 15.5 Å². The first kappa shape index (κ1) is 17.7. The molecule has 1 heterocycles. The number of nitrogens with zero attached hydrogens (tertiary/aromatic N) is 1. The second-order valence-corrected chi connectivity index (χ2v) is 5.90. The number of amides is 1. The summed E-state index contributed by atoms with van der Waals surface area (Å²) in [5.41, 5.74) is 8.90. The SMILES string of the molecule is Bc1ccc(C(N)C(=O)Nc2cc(OC)c(-c3cn[nH]c3)cc2F)cc1. The number of methoxy groups -OCH3 is 1. The Kier molecular flexibility index (Phi) is 5.04. The van der Waals surface area contributed by atoms with Crippen LogP contribution in [-0.2, 0) is 4.79 Å². The summed E-state index contributed by atoms with van der Waals surface area (Å²) in [4.78, 5) is 12.4. The van der Waals surface area contributed by atoms with Crippen molar-refractivity contribution in [2.45, 2.75) is 6.04 Å². The molecule has 1 aromatic heterocycles. The lowest BCUT2D eigenvalue weighted by molar-refractivity contribution is -0.117. The fourth-order valence-electron chi connectivity index (χ4n) is 2.58. The van der Waals surface area contributed by atoms with Gasteiger partial charge in [0, 0.05) is 23.4 Å². The molecule has 132 valence electrons. The number of benzene rings is 2. The highest BCUT2D eigenvalue weighted by Gasteiger charge is 2.19. The quantitative estimate of drug-likeness (QED) is 0.600. The summed E-state index contributed by atoms with van der Waals surface area (Å²) in [7, 11) is 3.42. The molecule has 2 aromatic carbocycles. The molecule has 4 N–H and O–H groups in total. The van der Waals surface area contributed by atoms with Crippen LogP contribution in [0.3, 0.4) is 0 Å². The van der Waals surface area contributed by atoms with Crippen molar-refractivity contribution in [1.82, 2.24) is 10.2 Å². The fraction of sp³-hybridized carbons (Fsp3) is 0.111. The van der Waals surface area contributed by atoms with Gasteiger partial charge in [0.15, 0.2) is 0 Å². The number of ether oxygens (including phenoxy) is 1. The number of anilines is 1. The van der Waals surface area contributed by atoms with Crippen molar-refractivity contribution >= 4 is 24.9 Å². The zero-order valence-electron chi connectivity index (χ0n) is 14.4. The number of nitrogens with one attached hydrogen (secondary N) is 2. The molecule has 3 rings (SSSR count). The predicted molar refractivity (Wildman–Crippen MR) is 101 cm³/mol. The van der Waals surface area contributed by atoms with E-state index in [1.807, 2.05) is 20.0 Å². The Bertz CT molecular complexity index is 914. The van der Waals surface area contributed by atoms with E-state index in [1.165, 1.54) is 19.2 Å². The van der Waals surface area contributed by atoms with E-state index >= 15 is 0 Å². The van der Waals surface area contributed by atoms with Gasteiger partial charge in [0.05, 0.1) is 19.0 Å². The molecule has 0 saturated carbocycles. The number of halogens is 1. The Morgan fingerprint density at radius 1 is 1.35 bits per heavy atom. The maximum absolute atomic E-state index is 14.5. The van der Waals surface area contributed by atoms with Gasteiger partial charge >= 0.3 is 0 Å². The van der Waals surface area contributed by atoms with Gasteiger partial charge in [-0.1, -0.05) is 29.7 Å². The molecule has 8 heteroatoms. The Hall–Kier alpha value is -3.13. The van der Waals surface area contributed by atoms with E-state index in [9.17, 15) is 9.18 Å². The molecule has 0 radical (unpaired) electrons. The van der Waals surface area contributed by atoms with Crippen LogP contribution in [0.5, 0.6) is 5.75 Å². The molecule has 1 atom stereocenters. The van der Waals surface area contributed by atoms with Gasteiger partial charge in [-0.05, 0) is 11.6 Å². The summed E-state index contributed by atoms with van der Waals surface area (Å²) in [6.07, 6.45) is 3.19. The van der Waals surface area contributed by atoms with E-state index in [1.54, 1.807) is 24.5 Å². The fourth-order valence-corrected chi connectivity index (χ4v) is 2.58. The van der Waals surface area contributed by atoms with Crippen molar-refractivity contribution in [3.8, 4) is 16.9 Å². The van der Waals surface area contributed by atoms with E-state index in [0.29, 0.717) is 22.4 Å². The number of carbonyl (C=O) groups excluding carboxylic acids is 1. The highest BCUT2D eigenvalue weighted by atomic mass is 19.1. The van der Waals surface area contributed by atoms with Crippen molar-refractivity contribution in [1.29, 1.82) is 0 Å². The maximum Gasteiger partial charge on any atom is 0.245 e. The van der Waals surface area contributed by atoms with Crippen molar-refractivity contribution in [3.63, 3.8) is 0 Å². The first-order valence-electron chi connectivity index (χ1n) is 7.99. The van der Waals surface area contributed by atoms with Gasteiger partial charge in [-0.15, -0.1) is 0 Å². The van der Waals surface area contributed by atoms with Gasteiger partial charge in [-0.3, -0.25) is 9.89 Å². The molecule has 3 aromatic rings. The minimum Gasteiger partial charge on any atom is -0.496 e. The number of aromatic nitrogens is 2. The third kappa shape index (κ3) is 3.60. The van der Waals surface area contributed by atoms with Crippen LogP contribution in [0.4, 0.5) is 10.1 Å². The van der Waals surface area contributed by atoms with Crippen LogP contribution in [0.15, 0.2) is 48.8 Å². The molecule has 1 unspecified atom stereocenters. The van der Waals surface area contributed by atoms with Gasteiger partial charge in [0.25, 0.3) is 0 Å². The number of carbonyl (C=O) groups is 1. The molecule has 0 bridgehead atoms. The number of hydrogen-bond acceptors (Lipinski definition) is 4. The van der Waals surface area contributed by atoms with Crippen molar-refractivity contribution in [2.24, 2.45) is 5.73 Å². The molecule has 0 saturated heterocycles. The largest absolute Gasteiger partial charge is 0.496 e. The lowest BCUT2D eigenvalue weighted by Crippen LogP contribution is -2.28. The van der Waals surface area contributed by atoms with Crippen molar-refractivity contribution in [2.75, 3.05) is 12.4 Å². The molecule has 0 spiro atoms. The van der Waals surface area contributed by atoms with E-state index < -0.39 is 17.8 Å². The van der Waals surface area contributed by atoms with E-state index in [-0.39, 0.29) is 5.69 Å². The second kappa shape index (κ2) is 7.41. The topological polar surface area (TPSA) is 93.0 Å². The number of rotatable bonds is 5. The average molecular weight is 352 g/mol. The van der Waals surface area contributed by atoms with Gasteiger partial charge in [0.1, 0.15) is 25.5 Å². The monoisotopic (exact) mass is 352 g/mol. The number of aromatic amines is 1. The van der Waals surface area contributed by atoms with Gasteiger partial charge in [0.2, 0.25) is 5.91 Å². The van der Waals surface area contributed by atoms with Crippen LogP contribution in [0, 0.1) is 5.82 Å². The standard InChI is InChI=1S/C18H18BFN4O2/c1-26-16-7-15(14(20)6-13(16)11-8-22-23-9-11)24-18(25)17(21)10-2-4-12(19)5-3-10/h2-9,17H,19,21H2,1H3,(H,22,23)(H,24,25). The molecular formula is C18H18BFN4O2. The minimum absolute atomic E-state index is 0.00153. The summed E-state index contributed by atoms with van der Waals surface area (Å²) < 4.78 is 19.8. The highest BCUT2D eigenvalue weighted by Crippen LogP contribution is 2.34. The van der Waals surface area contributed by atoms with Crippen LogP contribution in [-0.4, -0.2) is 31.1 Å². The Morgan fingerprint density at radius 3 is 2.69 bits per heavy atom.